The van der Waals surface area contributed by atoms with Crippen molar-refractivity contribution in [1.29, 1.82) is 0 Å². The third-order valence-corrected chi connectivity index (χ3v) is 5.28. The van der Waals surface area contributed by atoms with Crippen LogP contribution in [-0.2, 0) is 16.0 Å². The Kier molecular flexibility index (Phi) is 6.88. The highest BCUT2D eigenvalue weighted by Gasteiger charge is 2.32. The fourth-order valence-electron chi connectivity index (χ4n) is 3.40. The first-order valence-corrected chi connectivity index (χ1v) is 9.65. The molecule has 0 aliphatic carbocycles. The highest BCUT2D eigenvalue weighted by Crippen LogP contribution is 2.28. The molecule has 0 atom stereocenters. The number of carbonyl (C=O) groups is 1. The van der Waals surface area contributed by atoms with Gasteiger partial charge in [0.1, 0.15) is 0 Å². The Labute approximate surface area is 164 Å². The Hall–Kier alpha value is -1.89. The molecule has 2 aromatic rings. The number of hydrogen-bond donors (Lipinski definition) is 2. The molecule has 2 N–H and O–H groups in total. The van der Waals surface area contributed by atoms with Gasteiger partial charge in [-0.25, -0.2) is 4.98 Å². The minimum atomic E-state index is 0.00949. The molecular formula is C20H26ClN3O3. The smallest absolute Gasteiger partial charge is 0.220 e. The second kappa shape index (κ2) is 9.35. The maximum Gasteiger partial charge on any atom is 0.220 e. The molecule has 3 rings (SSSR count). The number of aryl methyl sites for hydroxylation is 1. The number of hydrogen-bond acceptors (Lipinski definition) is 5. The number of halogens is 1. The molecular weight excluding hydrogens is 366 g/mol. The van der Waals surface area contributed by atoms with Crippen LogP contribution in [0.15, 0.2) is 34.9 Å². The number of piperidine rings is 1. The second-order valence-electron chi connectivity index (χ2n) is 7.08. The summed E-state index contributed by atoms with van der Waals surface area (Å²) in [7, 11) is 1.71. The molecule has 1 aliphatic heterocycles. The van der Waals surface area contributed by atoms with Crippen LogP contribution in [0.4, 0.5) is 0 Å². The van der Waals surface area contributed by atoms with E-state index in [1.165, 1.54) is 0 Å². The molecule has 27 heavy (non-hydrogen) atoms. The number of amides is 1. The summed E-state index contributed by atoms with van der Waals surface area (Å²) in [4.78, 5) is 16.5. The first-order chi connectivity index (χ1) is 13.1. The molecule has 0 radical (unpaired) electrons. The summed E-state index contributed by atoms with van der Waals surface area (Å²) in [5.74, 6) is 1.25. The summed E-state index contributed by atoms with van der Waals surface area (Å²) < 4.78 is 11.1. The van der Waals surface area contributed by atoms with E-state index in [4.69, 9.17) is 20.8 Å². The molecule has 1 saturated heterocycles. The first-order valence-electron chi connectivity index (χ1n) is 9.27. The summed E-state index contributed by atoms with van der Waals surface area (Å²) in [5.41, 5.74) is 0.940. The number of aromatic nitrogens is 1. The third-order valence-electron chi connectivity index (χ3n) is 5.02. The van der Waals surface area contributed by atoms with Crippen molar-refractivity contribution in [2.45, 2.75) is 25.7 Å². The zero-order valence-corrected chi connectivity index (χ0v) is 16.3. The van der Waals surface area contributed by atoms with Gasteiger partial charge in [-0.3, -0.25) is 4.79 Å². The Morgan fingerprint density at radius 3 is 2.78 bits per heavy atom. The topological polar surface area (TPSA) is 76.4 Å². The van der Waals surface area contributed by atoms with Crippen LogP contribution in [0.2, 0.25) is 5.02 Å². The maximum absolute atomic E-state index is 12.3. The number of methoxy groups -OCH3 is 1. The van der Waals surface area contributed by atoms with E-state index in [0.29, 0.717) is 42.7 Å². The van der Waals surface area contributed by atoms with Gasteiger partial charge in [-0.2, -0.15) is 0 Å². The molecule has 2 heterocycles. The SMILES string of the molecule is COCC1(CNC(=O)CCc2ncc(-c3ccc(Cl)cc3)o2)CCNCC1. The lowest BCUT2D eigenvalue weighted by Gasteiger charge is -2.37. The number of ether oxygens (including phenoxy) is 1. The Morgan fingerprint density at radius 1 is 1.33 bits per heavy atom. The largest absolute Gasteiger partial charge is 0.441 e. The zero-order chi connectivity index (χ0) is 19.1. The number of nitrogens with one attached hydrogen (secondary N) is 2. The Balaban J connectivity index is 1.48. The normalized spacial score (nSPS) is 16.2. The van der Waals surface area contributed by atoms with E-state index >= 15 is 0 Å². The van der Waals surface area contributed by atoms with E-state index in [9.17, 15) is 4.79 Å². The van der Waals surface area contributed by atoms with E-state index in [0.717, 1.165) is 31.5 Å². The third kappa shape index (κ3) is 5.54. The van der Waals surface area contributed by atoms with Gasteiger partial charge in [-0.15, -0.1) is 0 Å². The molecule has 0 saturated carbocycles. The maximum atomic E-state index is 12.3. The van der Waals surface area contributed by atoms with Gasteiger partial charge >= 0.3 is 0 Å². The standard InChI is InChI=1S/C20H26ClN3O3/c1-26-14-20(8-10-22-11-9-20)13-24-18(25)6-7-19-23-12-17(27-19)15-2-4-16(21)5-3-15/h2-5,12,22H,6-11,13-14H2,1H3,(H,24,25). The highest BCUT2D eigenvalue weighted by atomic mass is 35.5. The first kappa shape index (κ1) is 19.9. The van der Waals surface area contributed by atoms with Gasteiger partial charge in [0.05, 0.1) is 12.8 Å². The van der Waals surface area contributed by atoms with Crippen LogP contribution in [0.25, 0.3) is 11.3 Å². The van der Waals surface area contributed by atoms with Gasteiger partial charge in [0.2, 0.25) is 5.91 Å². The minimum Gasteiger partial charge on any atom is -0.441 e. The van der Waals surface area contributed by atoms with Crippen molar-refractivity contribution in [3.05, 3.63) is 41.4 Å². The summed E-state index contributed by atoms with van der Waals surface area (Å²) in [5, 5.41) is 7.09. The van der Waals surface area contributed by atoms with Crippen LogP contribution in [-0.4, -0.2) is 44.2 Å². The molecule has 0 spiro atoms. The van der Waals surface area contributed by atoms with Gasteiger partial charge in [-0.05, 0) is 50.2 Å². The van der Waals surface area contributed by atoms with Gasteiger partial charge in [0.15, 0.2) is 11.7 Å². The van der Waals surface area contributed by atoms with Crippen molar-refractivity contribution < 1.29 is 13.9 Å². The van der Waals surface area contributed by atoms with Gasteiger partial charge in [-0.1, -0.05) is 11.6 Å². The van der Waals surface area contributed by atoms with Crippen molar-refractivity contribution >= 4 is 17.5 Å². The van der Waals surface area contributed by atoms with Crippen LogP contribution in [0.1, 0.15) is 25.2 Å². The Bertz CT molecular complexity index is 734. The molecule has 146 valence electrons. The van der Waals surface area contributed by atoms with E-state index in [2.05, 4.69) is 15.6 Å². The van der Waals surface area contributed by atoms with Crippen molar-refractivity contribution in [3.8, 4) is 11.3 Å². The van der Waals surface area contributed by atoms with Crippen molar-refractivity contribution in [1.82, 2.24) is 15.6 Å². The molecule has 1 fully saturated rings. The summed E-state index contributed by atoms with van der Waals surface area (Å²) >= 11 is 5.90. The summed E-state index contributed by atoms with van der Waals surface area (Å²) in [6.45, 7) is 3.23. The Morgan fingerprint density at radius 2 is 2.07 bits per heavy atom. The molecule has 7 heteroatoms. The lowest BCUT2D eigenvalue weighted by Crippen LogP contribution is -2.47. The average Bonchev–Trinajstić information content (AvgIpc) is 3.15. The quantitative estimate of drug-likeness (QED) is 0.723. The lowest BCUT2D eigenvalue weighted by atomic mass is 9.79. The van der Waals surface area contributed by atoms with Crippen LogP contribution < -0.4 is 10.6 Å². The van der Waals surface area contributed by atoms with Crippen LogP contribution in [0.5, 0.6) is 0 Å². The zero-order valence-electron chi connectivity index (χ0n) is 15.6. The molecule has 6 nitrogen and oxygen atoms in total. The van der Waals surface area contributed by atoms with Crippen LogP contribution in [0, 0.1) is 5.41 Å². The van der Waals surface area contributed by atoms with E-state index in [1.54, 1.807) is 13.3 Å². The average molecular weight is 392 g/mol. The van der Waals surface area contributed by atoms with Gasteiger partial charge in [0.25, 0.3) is 0 Å². The molecule has 0 unspecified atom stereocenters. The van der Waals surface area contributed by atoms with Gasteiger partial charge < -0.3 is 19.8 Å². The number of carbonyl (C=O) groups excluding carboxylic acids is 1. The number of rotatable bonds is 8. The fourth-order valence-corrected chi connectivity index (χ4v) is 3.53. The molecule has 1 aromatic heterocycles. The van der Waals surface area contributed by atoms with Gasteiger partial charge in [0, 0.05) is 42.5 Å². The monoisotopic (exact) mass is 391 g/mol. The number of benzene rings is 1. The number of oxazole rings is 1. The fraction of sp³-hybridized carbons (Fsp3) is 0.500. The highest BCUT2D eigenvalue weighted by molar-refractivity contribution is 6.30. The van der Waals surface area contributed by atoms with Crippen molar-refractivity contribution in [2.24, 2.45) is 5.41 Å². The van der Waals surface area contributed by atoms with Crippen LogP contribution in [0.3, 0.4) is 0 Å². The molecule has 1 aliphatic rings. The van der Waals surface area contributed by atoms with E-state index < -0.39 is 0 Å². The predicted molar refractivity (Wildman–Crippen MR) is 105 cm³/mol. The van der Waals surface area contributed by atoms with Crippen LogP contribution >= 0.6 is 11.6 Å². The minimum absolute atomic E-state index is 0.00949. The molecule has 1 aromatic carbocycles. The summed E-state index contributed by atoms with van der Waals surface area (Å²) in [6, 6.07) is 7.38. The molecule has 0 bridgehead atoms. The summed E-state index contributed by atoms with van der Waals surface area (Å²) in [6.07, 6.45) is 4.51. The predicted octanol–water partition coefficient (Wildman–Crippen LogP) is 3.06. The molecule has 1 amide bonds. The lowest BCUT2D eigenvalue weighted by molar-refractivity contribution is -0.122. The van der Waals surface area contributed by atoms with Crippen molar-refractivity contribution in [2.75, 3.05) is 33.4 Å². The van der Waals surface area contributed by atoms with E-state index in [-0.39, 0.29) is 11.3 Å². The van der Waals surface area contributed by atoms with Crippen molar-refractivity contribution in [3.63, 3.8) is 0 Å². The van der Waals surface area contributed by atoms with E-state index in [1.807, 2.05) is 24.3 Å². The number of nitrogens with zero attached hydrogens (tertiary/aromatic N) is 1. The second-order valence-corrected chi connectivity index (χ2v) is 7.52.